The van der Waals surface area contributed by atoms with Crippen molar-refractivity contribution >= 4 is 0 Å². The molecule has 3 N–H and O–H groups in total. The molecule has 0 aliphatic carbocycles. The minimum absolute atomic E-state index is 0.222. The molecule has 1 atom stereocenters. The van der Waals surface area contributed by atoms with Gasteiger partial charge in [0.1, 0.15) is 0 Å². The molecule has 0 saturated heterocycles. The van der Waals surface area contributed by atoms with Crippen LogP contribution in [0.4, 0.5) is 0 Å². The minimum Gasteiger partial charge on any atom is -0.394 e. The lowest BCUT2D eigenvalue weighted by molar-refractivity contribution is 0.0942. The Morgan fingerprint density at radius 2 is 2.00 bits per heavy atom. The van der Waals surface area contributed by atoms with Gasteiger partial charge in [0.05, 0.1) is 25.5 Å². The molecule has 1 aromatic heterocycles. The first-order valence-electron chi connectivity index (χ1n) is 6.33. The summed E-state index contributed by atoms with van der Waals surface area (Å²) in [5, 5.41) is 25.3. The van der Waals surface area contributed by atoms with Crippen LogP contribution >= 0.6 is 0 Å². The second-order valence-corrected chi connectivity index (χ2v) is 4.50. The number of benzene rings is 1. The summed E-state index contributed by atoms with van der Waals surface area (Å²) in [6, 6.07) is 10.2. The van der Waals surface area contributed by atoms with Gasteiger partial charge in [-0.3, -0.25) is 4.68 Å². The van der Waals surface area contributed by atoms with Gasteiger partial charge >= 0.3 is 0 Å². The molecule has 5 heteroatoms. The lowest BCUT2D eigenvalue weighted by Gasteiger charge is -2.07. The molecular formula is C14H19N3O2. The van der Waals surface area contributed by atoms with E-state index < -0.39 is 6.10 Å². The molecule has 1 aromatic carbocycles. The van der Waals surface area contributed by atoms with Crippen LogP contribution in [0.3, 0.4) is 0 Å². The molecule has 0 amide bonds. The molecule has 0 aliphatic heterocycles. The maximum absolute atomic E-state index is 9.20. The SMILES string of the molecule is OCC(O)CNCc1cnn(Cc2ccccc2)c1. The Labute approximate surface area is 112 Å². The standard InChI is InChI=1S/C14H19N3O2/c18-11-14(19)8-15-6-13-7-16-17(10-13)9-12-4-2-1-3-5-12/h1-5,7,10,14-15,18-19H,6,8-9,11H2. The zero-order valence-electron chi connectivity index (χ0n) is 10.7. The number of nitrogens with one attached hydrogen (secondary N) is 1. The van der Waals surface area contributed by atoms with Crippen LogP contribution in [-0.2, 0) is 13.1 Å². The third-order valence-electron chi connectivity index (χ3n) is 2.79. The van der Waals surface area contributed by atoms with E-state index in [9.17, 15) is 5.11 Å². The Hall–Kier alpha value is -1.69. The molecule has 0 bridgehead atoms. The third kappa shape index (κ3) is 4.48. The van der Waals surface area contributed by atoms with Crippen LogP contribution in [0.15, 0.2) is 42.7 Å². The summed E-state index contributed by atoms with van der Waals surface area (Å²) in [4.78, 5) is 0. The molecule has 2 rings (SSSR count). The first-order valence-corrected chi connectivity index (χ1v) is 6.33. The number of rotatable bonds is 7. The van der Waals surface area contributed by atoms with Gasteiger partial charge < -0.3 is 15.5 Å². The Morgan fingerprint density at radius 3 is 2.74 bits per heavy atom. The fraction of sp³-hybridized carbons (Fsp3) is 0.357. The van der Waals surface area contributed by atoms with Gasteiger partial charge in [-0.1, -0.05) is 30.3 Å². The molecular weight excluding hydrogens is 242 g/mol. The number of aliphatic hydroxyl groups is 2. The van der Waals surface area contributed by atoms with Crippen molar-refractivity contribution in [2.75, 3.05) is 13.2 Å². The lowest BCUT2D eigenvalue weighted by Crippen LogP contribution is -2.28. The number of aromatic nitrogens is 2. The highest BCUT2D eigenvalue weighted by Crippen LogP contribution is 2.03. The second kappa shape index (κ2) is 7.04. The van der Waals surface area contributed by atoms with Crippen LogP contribution in [0.5, 0.6) is 0 Å². The molecule has 0 saturated carbocycles. The highest BCUT2D eigenvalue weighted by Gasteiger charge is 2.02. The number of hydrogen-bond donors (Lipinski definition) is 3. The zero-order chi connectivity index (χ0) is 13.5. The molecule has 0 fully saturated rings. The largest absolute Gasteiger partial charge is 0.394 e. The van der Waals surface area contributed by atoms with E-state index in [2.05, 4.69) is 22.5 Å². The second-order valence-electron chi connectivity index (χ2n) is 4.50. The van der Waals surface area contributed by atoms with Gasteiger partial charge in [-0.2, -0.15) is 5.10 Å². The van der Waals surface area contributed by atoms with Crippen LogP contribution < -0.4 is 5.32 Å². The van der Waals surface area contributed by atoms with E-state index >= 15 is 0 Å². The molecule has 0 aliphatic rings. The normalized spacial score (nSPS) is 12.5. The van der Waals surface area contributed by atoms with Crippen LogP contribution in [0.1, 0.15) is 11.1 Å². The summed E-state index contributed by atoms with van der Waals surface area (Å²) in [5.74, 6) is 0. The monoisotopic (exact) mass is 261 g/mol. The van der Waals surface area contributed by atoms with Crippen molar-refractivity contribution in [2.24, 2.45) is 0 Å². The Morgan fingerprint density at radius 1 is 1.21 bits per heavy atom. The van der Waals surface area contributed by atoms with Crippen LogP contribution in [0.2, 0.25) is 0 Å². The van der Waals surface area contributed by atoms with Gasteiger partial charge in [0.2, 0.25) is 0 Å². The average molecular weight is 261 g/mol. The summed E-state index contributed by atoms with van der Waals surface area (Å²) >= 11 is 0. The molecule has 102 valence electrons. The van der Waals surface area contributed by atoms with E-state index in [-0.39, 0.29) is 6.61 Å². The Kier molecular flexibility index (Phi) is 5.09. The van der Waals surface area contributed by atoms with Gasteiger partial charge in [-0.05, 0) is 5.56 Å². The molecule has 19 heavy (non-hydrogen) atoms. The molecule has 2 aromatic rings. The first kappa shape index (κ1) is 13.7. The Balaban J connectivity index is 1.82. The van der Waals surface area contributed by atoms with Crippen molar-refractivity contribution in [3.63, 3.8) is 0 Å². The van der Waals surface area contributed by atoms with Crippen LogP contribution in [0, 0.1) is 0 Å². The lowest BCUT2D eigenvalue weighted by atomic mass is 10.2. The fourth-order valence-corrected chi connectivity index (χ4v) is 1.80. The number of aliphatic hydroxyl groups excluding tert-OH is 2. The predicted octanol–water partition coefficient (Wildman–Crippen LogP) is 0.374. The van der Waals surface area contributed by atoms with E-state index in [4.69, 9.17) is 5.11 Å². The smallest absolute Gasteiger partial charge is 0.0895 e. The van der Waals surface area contributed by atoms with Gasteiger partial charge in [0, 0.05) is 24.8 Å². The van der Waals surface area contributed by atoms with Crippen LogP contribution in [0.25, 0.3) is 0 Å². The third-order valence-corrected chi connectivity index (χ3v) is 2.79. The number of hydrogen-bond acceptors (Lipinski definition) is 4. The molecule has 1 unspecified atom stereocenters. The summed E-state index contributed by atoms with van der Waals surface area (Å²) < 4.78 is 1.88. The predicted molar refractivity (Wildman–Crippen MR) is 72.6 cm³/mol. The maximum Gasteiger partial charge on any atom is 0.0895 e. The highest BCUT2D eigenvalue weighted by molar-refractivity contribution is 5.15. The summed E-state index contributed by atoms with van der Waals surface area (Å²) in [7, 11) is 0. The molecule has 1 heterocycles. The molecule has 0 radical (unpaired) electrons. The van der Waals surface area contributed by atoms with Crippen molar-refractivity contribution in [3.8, 4) is 0 Å². The zero-order valence-corrected chi connectivity index (χ0v) is 10.7. The maximum atomic E-state index is 9.20. The van der Waals surface area contributed by atoms with Crippen molar-refractivity contribution < 1.29 is 10.2 Å². The van der Waals surface area contributed by atoms with E-state index in [1.807, 2.05) is 29.1 Å². The van der Waals surface area contributed by atoms with Crippen molar-refractivity contribution in [3.05, 3.63) is 53.9 Å². The first-order chi connectivity index (χ1) is 9.28. The average Bonchev–Trinajstić information content (AvgIpc) is 2.87. The number of nitrogens with zero attached hydrogens (tertiary/aromatic N) is 2. The van der Waals surface area contributed by atoms with Gasteiger partial charge in [-0.15, -0.1) is 0 Å². The van der Waals surface area contributed by atoms with Crippen molar-refractivity contribution in [2.45, 2.75) is 19.2 Å². The van der Waals surface area contributed by atoms with E-state index in [1.165, 1.54) is 5.56 Å². The van der Waals surface area contributed by atoms with Gasteiger partial charge in [-0.25, -0.2) is 0 Å². The van der Waals surface area contributed by atoms with E-state index in [0.29, 0.717) is 13.1 Å². The minimum atomic E-state index is -0.709. The summed E-state index contributed by atoms with van der Waals surface area (Å²) in [6.07, 6.45) is 3.08. The summed E-state index contributed by atoms with van der Waals surface area (Å²) in [6.45, 7) is 1.53. The summed E-state index contributed by atoms with van der Waals surface area (Å²) in [5.41, 5.74) is 2.27. The quantitative estimate of drug-likeness (QED) is 0.673. The van der Waals surface area contributed by atoms with Crippen LogP contribution in [-0.4, -0.2) is 39.2 Å². The fourth-order valence-electron chi connectivity index (χ4n) is 1.80. The van der Waals surface area contributed by atoms with Gasteiger partial charge in [0.15, 0.2) is 0 Å². The van der Waals surface area contributed by atoms with Gasteiger partial charge in [0.25, 0.3) is 0 Å². The highest BCUT2D eigenvalue weighted by atomic mass is 16.3. The topological polar surface area (TPSA) is 70.3 Å². The Bertz CT molecular complexity index is 484. The molecule has 0 spiro atoms. The van der Waals surface area contributed by atoms with Crippen molar-refractivity contribution in [1.29, 1.82) is 0 Å². The van der Waals surface area contributed by atoms with Crippen molar-refractivity contribution in [1.82, 2.24) is 15.1 Å². The van der Waals surface area contributed by atoms with E-state index in [0.717, 1.165) is 12.1 Å². The van der Waals surface area contributed by atoms with E-state index in [1.54, 1.807) is 6.20 Å². The molecule has 5 nitrogen and oxygen atoms in total.